The van der Waals surface area contributed by atoms with Gasteiger partial charge in [0.2, 0.25) is 0 Å². The van der Waals surface area contributed by atoms with E-state index in [0.717, 1.165) is 30.5 Å². The lowest BCUT2D eigenvalue weighted by molar-refractivity contribution is 0.0722. The maximum Gasteiger partial charge on any atom is 0.254 e. The monoisotopic (exact) mass is 246 g/mol. The molecule has 1 aromatic carbocycles. The summed E-state index contributed by atoms with van der Waals surface area (Å²) < 4.78 is 0. The molecule has 0 bridgehead atoms. The van der Waals surface area contributed by atoms with Crippen molar-refractivity contribution in [1.82, 2.24) is 4.90 Å². The first kappa shape index (κ1) is 13.1. The summed E-state index contributed by atoms with van der Waals surface area (Å²) in [5, 5.41) is 0. The third-order valence-electron chi connectivity index (χ3n) is 3.22. The molecule has 0 heterocycles. The van der Waals surface area contributed by atoms with Crippen LogP contribution in [-0.4, -0.2) is 23.4 Å². The molecule has 0 aliphatic heterocycles. The summed E-state index contributed by atoms with van der Waals surface area (Å²) in [4.78, 5) is 14.5. The number of benzene rings is 1. The Balaban J connectivity index is 2.16. The quantitative estimate of drug-likeness (QED) is 0.867. The van der Waals surface area contributed by atoms with Gasteiger partial charge in [0, 0.05) is 24.7 Å². The number of hydrogen-bond acceptors (Lipinski definition) is 2. The van der Waals surface area contributed by atoms with Gasteiger partial charge in [0.05, 0.1) is 0 Å². The van der Waals surface area contributed by atoms with Gasteiger partial charge in [-0.2, -0.15) is 0 Å². The van der Waals surface area contributed by atoms with Crippen molar-refractivity contribution < 1.29 is 4.79 Å². The van der Waals surface area contributed by atoms with Crippen LogP contribution < -0.4 is 5.73 Å². The lowest BCUT2D eigenvalue weighted by Gasteiger charge is -2.24. The highest BCUT2D eigenvalue weighted by molar-refractivity contribution is 5.94. The van der Waals surface area contributed by atoms with E-state index in [0.29, 0.717) is 18.5 Å². The second-order valence-corrected chi connectivity index (χ2v) is 5.49. The van der Waals surface area contributed by atoms with Crippen molar-refractivity contribution in [2.75, 3.05) is 6.54 Å². The molecule has 3 heteroatoms. The molecule has 1 fully saturated rings. The number of amides is 1. The summed E-state index contributed by atoms with van der Waals surface area (Å²) in [6, 6.07) is 8.13. The fourth-order valence-electron chi connectivity index (χ4n) is 2.17. The predicted octanol–water partition coefficient (Wildman–Crippen LogP) is 2.41. The average molecular weight is 246 g/mol. The van der Waals surface area contributed by atoms with Gasteiger partial charge >= 0.3 is 0 Å². The number of hydrogen-bond donors (Lipinski definition) is 1. The van der Waals surface area contributed by atoms with Gasteiger partial charge in [0.25, 0.3) is 5.91 Å². The van der Waals surface area contributed by atoms with Crippen molar-refractivity contribution in [3.8, 4) is 0 Å². The molecule has 18 heavy (non-hydrogen) atoms. The zero-order chi connectivity index (χ0) is 13.1. The van der Waals surface area contributed by atoms with Crippen LogP contribution in [0.25, 0.3) is 0 Å². The summed E-state index contributed by atoms with van der Waals surface area (Å²) in [6.07, 6.45) is 2.30. The Morgan fingerprint density at radius 3 is 2.72 bits per heavy atom. The molecule has 1 aromatic rings. The molecule has 98 valence electrons. The number of nitrogens with two attached hydrogens (primary N) is 1. The third kappa shape index (κ3) is 3.10. The van der Waals surface area contributed by atoms with Gasteiger partial charge in [0.15, 0.2) is 0 Å². The summed E-state index contributed by atoms with van der Waals surface area (Å²) in [7, 11) is 0. The Morgan fingerprint density at radius 2 is 2.17 bits per heavy atom. The van der Waals surface area contributed by atoms with Crippen molar-refractivity contribution in [3.63, 3.8) is 0 Å². The molecule has 1 aliphatic rings. The van der Waals surface area contributed by atoms with Crippen LogP contribution in [0.1, 0.15) is 42.6 Å². The molecule has 3 nitrogen and oxygen atoms in total. The highest BCUT2D eigenvalue weighted by Crippen LogP contribution is 2.29. The standard InChI is InChI=1S/C15H22N2O/c1-11(2)10-17(14-6-7-14)15(18)13-5-3-4-12(8-13)9-16/h3-5,8,11,14H,6-7,9-10,16H2,1-2H3. The van der Waals surface area contributed by atoms with Gasteiger partial charge < -0.3 is 10.6 Å². The Kier molecular flexibility index (Phi) is 4.02. The van der Waals surface area contributed by atoms with Crippen LogP contribution in [0.15, 0.2) is 24.3 Å². The molecule has 0 spiro atoms. The van der Waals surface area contributed by atoms with Gasteiger partial charge in [-0.05, 0) is 36.5 Å². The zero-order valence-electron chi connectivity index (χ0n) is 11.2. The van der Waals surface area contributed by atoms with E-state index in [-0.39, 0.29) is 5.91 Å². The fraction of sp³-hybridized carbons (Fsp3) is 0.533. The maximum atomic E-state index is 12.5. The van der Waals surface area contributed by atoms with Crippen LogP contribution in [-0.2, 0) is 6.54 Å². The van der Waals surface area contributed by atoms with Crippen LogP contribution in [0.3, 0.4) is 0 Å². The lowest BCUT2D eigenvalue weighted by Crippen LogP contribution is -2.36. The first-order valence-corrected chi connectivity index (χ1v) is 6.71. The van der Waals surface area contributed by atoms with Crippen LogP contribution >= 0.6 is 0 Å². The molecule has 2 rings (SSSR count). The normalized spacial score (nSPS) is 14.9. The molecule has 1 aliphatic carbocycles. The number of carbonyl (C=O) groups excluding carboxylic acids is 1. The van der Waals surface area contributed by atoms with Crippen LogP contribution in [0, 0.1) is 5.92 Å². The molecular weight excluding hydrogens is 224 g/mol. The van der Waals surface area contributed by atoms with E-state index in [9.17, 15) is 4.79 Å². The number of nitrogens with zero attached hydrogens (tertiary/aromatic N) is 1. The van der Waals surface area contributed by atoms with E-state index in [1.165, 1.54) is 0 Å². The lowest BCUT2D eigenvalue weighted by atomic mass is 10.1. The van der Waals surface area contributed by atoms with Crippen LogP contribution in [0.4, 0.5) is 0 Å². The SMILES string of the molecule is CC(C)CN(C(=O)c1cccc(CN)c1)C1CC1. The molecule has 1 amide bonds. The maximum absolute atomic E-state index is 12.5. The van der Waals surface area contributed by atoms with Crippen molar-refractivity contribution >= 4 is 5.91 Å². The topological polar surface area (TPSA) is 46.3 Å². The number of rotatable bonds is 5. The van der Waals surface area contributed by atoms with Crippen molar-refractivity contribution in [2.24, 2.45) is 11.7 Å². The minimum absolute atomic E-state index is 0.154. The molecular formula is C15H22N2O. The van der Waals surface area contributed by atoms with E-state index in [1.807, 2.05) is 29.2 Å². The zero-order valence-corrected chi connectivity index (χ0v) is 11.2. The molecule has 0 radical (unpaired) electrons. The van der Waals surface area contributed by atoms with Crippen molar-refractivity contribution in [3.05, 3.63) is 35.4 Å². The smallest absolute Gasteiger partial charge is 0.254 e. The highest BCUT2D eigenvalue weighted by atomic mass is 16.2. The Labute approximate surface area is 109 Å². The molecule has 0 saturated heterocycles. The third-order valence-corrected chi connectivity index (χ3v) is 3.22. The summed E-state index contributed by atoms with van der Waals surface area (Å²) >= 11 is 0. The van der Waals surface area contributed by atoms with Gasteiger partial charge in [0.1, 0.15) is 0 Å². The van der Waals surface area contributed by atoms with Crippen molar-refractivity contribution in [1.29, 1.82) is 0 Å². The molecule has 0 atom stereocenters. The molecule has 2 N–H and O–H groups in total. The summed E-state index contributed by atoms with van der Waals surface area (Å²) in [5.74, 6) is 0.661. The molecule has 1 saturated carbocycles. The predicted molar refractivity (Wildman–Crippen MR) is 73.2 cm³/mol. The Bertz CT molecular complexity index is 424. The fourth-order valence-corrected chi connectivity index (χ4v) is 2.17. The summed E-state index contributed by atoms with van der Waals surface area (Å²) in [6.45, 7) is 5.63. The average Bonchev–Trinajstić information content (AvgIpc) is 3.19. The van der Waals surface area contributed by atoms with Gasteiger partial charge in [-0.3, -0.25) is 4.79 Å². The second-order valence-electron chi connectivity index (χ2n) is 5.49. The first-order valence-electron chi connectivity index (χ1n) is 6.71. The van der Waals surface area contributed by atoms with Gasteiger partial charge in [-0.25, -0.2) is 0 Å². The highest BCUT2D eigenvalue weighted by Gasteiger charge is 2.33. The van der Waals surface area contributed by atoms with Crippen molar-refractivity contribution in [2.45, 2.75) is 39.3 Å². The summed E-state index contributed by atoms with van der Waals surface area (Å²) in [5.41, 5.74) is 7.41. The van der Waals surface area contributed by atoms with Gasteiger partial charge in [-0.15, -0.1) is 0 Å². The van der Waals surface area contributed by atoms with E-state index >= 15 is 0 Å². The van der Waals surface area contributed by atoms with Gasteiger partial charge in [-0.1, -0.05) is 26.0 Å². The number of carbonyl (C=O) groups is 1. The van der Waals surface area contributed by atoms with E-state index < -0.39 is 0 Å². The first-order chi connectivity index (χ1) is 8.61. The molecule has 0 unspecified atom stereocenters. The Morgan fingerprint density at radius 1 is 1.44 bits per heavy atom. The molecule has 0 aromatic heterocycles. The largest absolute Gasteiger partial charge is 0.335 e. The van der Waals surface area contributed by atoms with Crippen LogP contribution in [0.2, 0.25) is 0 Å². The minimum Gasteiger partial charge on any atom is -0.335 e. The van der Waals surface area contributed by atoms with Crippen LogP contribution in [0.5, 0.6) is 0 Å². The van der Waals surface area contributed by atoms with E-state index in [4.69, 9.17) is 5.73 Å². The van der Waals surface area contributed by atoms with E-state index in [1.54, 1.807) is 0 Å². The van der Waals surface area contributed by atoms with E-state index in [2.05, 4.69) is 13.8 Å². The second kappa shape index (κ2) is 5.53. The minimum atomic E-state index is 0.154. The Hall–Kier alpha value is -1.35.